The molecule has 1 atom stereocenters. The number of likely N-dealkylation sites (tertiary alicyclic amines) is 1. The van der Waals surface area contributed by atoms with Gasteiger partial charge in [0, 0.05) is 36.5 Å². The Labute approximate surface area is 171 Å². The number of amides is 1. The van der Waals surface area contributed by atoms with Crippen molar-refractivity contribution in [3.8, 4) is 0 Å². The summed E-state index contributed by atoms with van der Waals surface area (Å²) < 4.78 is 41.5. The molecule has 4 nitrogen and oxygen atoms in total. The molecule has 0 spiro atoms. The van der Waals surface area contributed by atoms with Crippen molar-refractivity contribution in [1.29, 1.82) is 5.41 Å². The number of rotatable bonds is 3. The molecule has 0 radical (unpaired) electrons. The van der Waals surface area contributed by atoms with Crippen molar-refractivity contribution in [2.45, 2.75) is 19.4 Å². The zero-order valence-corrected chi connectivity index (χ0v) is 16.6. The van der Waals surface area contributed by atoms with Gasteiger partial charge in [0.25, 0.3) is 5.91 Å². The van der Waals surface area contributed by atoms with E-state index in [0.29, 0.717) is 11.3 Å². The standard InChI is InChI=1S/C21H19ClF3N3O/c1-11-19(26)15(20(27-2)12-8-13(23)10-14(24)9-12)6-7-28(11)21(29)18-16(22)4-3-5-17(18)25/h3-5,8-11,26-27H,6-7H2,1-2H3/b20-15-,26-19?/t11-/m0/s1. The number of halogens is 4. The fourth-order valence-electron chi connectivity index (χ4n) is 3.52. The predicted molar refractivity (Wildman–Crippen MR) is 107 cm³/mol. The Kier molecular flexibility index (Phi) is 5.98. The Hall–Kier alpha value is -2.80. The molecular formula is C21H19ClF3N3O. The van der Waals surface area contributed by atoms with Crippen LogP contribution in [-0.4, -0.2) is 36.2 Å². The average molecular weight is 422 g/mol. The molecule has 2 aromatic carbocycles. The lowest BCUT2D eigenvalue weighted by atomic mass is 9.90. The van der Waals surface area contributed by atoms with Gasteiger partial charge < -0.3 is 15.6 Å². The summed E-state index contributed by atoms with van der Waals surface area (Å²) in [6, 6.07) is 6.45. The molecule has 1 aliphatic rings. The molecule has 1 fully saturated rings. The second-order valence-electron chi connectivity index (χ2n) is 6.70. The van der Waals surface area contributed by atoms with Gasteiger partial charge in [-0.2, -0.15) is 0 Å². The summed E-state index contributed by atoms with van der Waals surface area (Å²) in [6.45, 7) is 1.85. The van der Waals surface area contributed by atoms with Crippen LogP contribution in [0.3, 0.4) is 0 Å². The largest absolute Gasteiger partial charge is 0.387 e. The van der Waals surface area contributed by atoms with E-state index in [1.807, 2.05) is 0 Å². The molecule has 2 N–H and O–H groups in total. The molecule has 0 saturated carbocycles. The topological polar surface area (TPSA) is 56.2 Å². The average Bonchev–Trinajstić information content (AvgIpc) is 2.65. The van der Waals surface area contributed by atoms with Gasteiger partial charge in [-0.05, 0) is 37.6 Å². The van der Waals surface area contributed by atoms with Crippen LogP contribution in [0.1, 0.15) is 29.3 Å². The molecule has 0 unspecified atom stereocenters. The van der Waals surface area contributed by atoms with Crippen LogP contribution in [0.15, 0.2) is 42.0 Å². The first-order chi connectivity index (χ1) is 13.7. The van der Waals surface area contributed by atoms with E-state index in [0.717, 1.165) is 12.1 Å². The zero-order valence-electron chi connectivity index (χ0n) is 15.8. The van der Waals surface area contributed by atoms with E-state index >= 15 is 0 Å². The lowest BCUT2D eigenvalue weighted by Crippen LogP contribution is -2.48. The minimum atomic E-state index is -0.728. The van der Waals surface area contributed by atoms with Crippen LogP contribution in [0.25, 0.3) is 5.70 Å². The van der Waals surface area contributed by atoms with Crippen LogP contribution in [0.2, 0.25) is 5.02 Å². The summed E-state index contributed by atoms with van der Waals surface area (Å²) >= 11 is 6.01. The molecule has 1 amide bonds. The normalized spacial score (nSPS) is 18.6. The second kappa shape index (κ2) is 8.29. The second-order valence-corrected chi connectivity index (χ2v) is 7.10. The van der Waals surface area contributed by atoms with Crippen LogP contribution in [0.5, 0.6) is 0 Å². The van der Waals surface area contributed by atoms with E-state index in [-0.39, 0.29) is 34.8 Å². The van der Waals surface area contributed by atoms with Crippen molar-refractivity contribution in [2.75, 3.05) is 13.6 Å². The number of nitrogens with one attached hydrogen (secondary N) is 2. The molecule has 1 heterocycles. The summed E-state index contributed by atoms with van der Waals surface area (Å²) in [5.74, 6) is -2.79. The minimum absolute atomic E-state index is 0.00113. The molecule has 8 heteroatoms. The molecular weight excluding hydrogens is 403 g/mol. The fourth-order valence-corrected chi connectivity index (χ4v) is 3.76. The minimum Gasteiger partial charge on any atom is -0.387 e. The fraction of sp³-hybridized carbons (Fsp3) is 0.238. The van der Waals surface area contributed by atoms with E-state index in [2.05, 4.69) is 5.32 Å². The van der Waals surface area contributed by atoms with E-state index in [1.165, 1.54) is 29.2 Å². The number of benzene rings is 2. The zero-order chi connectivity index (χ0) is 21.3. The summed E-state index contributed by atoms with van der Waals surface area (Å²) in [5, 5.41) is 11.4. The van der Waals surface area contributed by atoms with Gasteiger partial charge in [0.15, 0.2) is 0 Å². The van der Waals surface area contributed by atoms with Crippen LogP contribution in [0.4, 0.5) is 13.2 Å². The Morgan fingerprint density at radius 1 is 1.21 bits per heavy atom. The summed E-state index contributed by atoms with van der Waals surface area (Å²) in [6.07, 6.45) is 0.259. The van der Waals surface area contributed by atoms with Gasteiger partial charge in [0.05, 0.1) is 22.3 Å². The van der Waals surface area contributed by atoms with Crippen LogP contribution < -0.4 is 5.32 Å². The first kappa shape index (κ1) is 20.9. The van der Waals surface area contributed by atoms with Crippen molar-refractivity contribution < 1.29 is 18.0 Å². The highest BCUT2D eigenvalue weighted by Crippen LogP contribution is 2.29. The smallest absolute Gasteiger partial charge is 0.258 e. The molecule has 29 heavy (non-hydrogen) atoms. The number of hydrogen-bond donors (Lipinski definition) is 2. The molecule has 1 aliphatic heterocycles. The van der Waals surface area contributed by atoms with Gasteiger partial charge in [-0.1, -0.05) is 17.7 Å². The summed E-state index contributed by atoms with van der Waals surface area (Å²) in [7, 11) is 1.60. The molecule has 0 aliphatic carbocycles. The van der Waals surface area contributed by atoms with Crippen molar-refractivity contribution in [2.24, 2.45) is 0 Å². The lowest BCUT2D eigenvalue weighted by Gasteiger charge is -2.36. The van der Waals surface area contributed by atoms with Gasteiger partial charge in [-0.25, -0.2) is 13.2 Å². The third-order valence-corrected chi connectivity index (χ3v) is 5.27. The van der Waals surface area contributed by atoms with Gasteiger partial charge in [-0.15, -0.1) is 0 Å². The van der Waals surface area contributed by atoms with Crippen LogP contribution in [0, 0.1) is 22.9 Å². The molecule has 0 bridgehead atoms. The quantitative estimate of drug-likeness (QED) is 0.758. The Balaban J connectivity index is 1.96. The highest BCUT2D eigenvalue weighted by atomic mass is 35.5. The molecule has 0 aromatic heterocycles. The first-order valence-corrected chi connectivity index (χ1v) is 9.33. The van der Waals surface area contributed by atoms with Crippen LogP contribution >= 0.6 is 11.6 Å². The molecule has 1 saturated heterocycles. The van der Waals surface area contributed by atoms with Gasteiger partial charge >= 0.3 is 0 Å². The number of carbonyl (C=O) groups is 1. The SMILES string of the molecule is CN/C(=C1/CCN(C(=O)c2c(F)cccc2Cl)[C@@H](C)C1=N)c1cc(F)cc(F)c1. The lowest BCUT2D eigenvalue weighted by molar-refractivity contribution is 0.0724. The van der Waals surface area contributed by atoms with Crippen LogP contribution in [-0.2, 0) is 0 Å². The van der Waals surface area contributed by atoms with E-state index in [9.17, 15) is 18.0 Å². The number of piperidine rings is 1. The van der Waals surface area contributed by atoms with Crippen molar-refractivity contribution in [3.63, 3.8) is 0 Å². The maximum atomic E-state index is 14.2. The van der Waals surface area contributed by atoms with Gasteiger partial charge in [0.2, 0.25) is 0 Å². The van der Waals surface area contributed by atoms with E-state index in [1.54, 1.807) is 14.0 Å². The summed E-state index contributed by atoms with van der Waals surface area (Å²) in [5.41, 5.74) is 1.09. The molecule has 3 rings (SSSR count). The predicted octanol–water partition coefficient (Wildman–Crippen LogP) is 4.64. The summed E-state index contributed by atoms with van der Waals surface area (Å²) in [4.78, 5) is 14.2. The molecule has 152 valence electrons. The van der Waals surface area contributed by atoms with Gasteiger partial charge in [0.1, 0.15) is 17.5 Å². The Bertz CT molecular complexity index is 982. The highest BCUT2D eigenvalue weighted by Gasteiger charge is 2.34. The number of hydrogen-bond acceptors (Lipinski definition) is 3. The maximum Gasteiger partial charge on any atom is 0.258 e. The van der Waals surface area contributed by atoms with Gasteiger partial charge in [-0.3, -0.25) is 4.79 Å². The Morgan fingerprint density at radius 2 is 1.86 bits per heavy atom. The number of carbonyl (C=O) groups excluding carboxylic acids is 1. The van der Waals surface area contributed by atoms with E-state index < -0.39 is 29.4 Å². The third-order valence-electron chi connectivity index (χ3n) is 4.95. The van der Waals surface area contributed by atoms with E-state index in [4.69, 9.17) is 17.0 Å². The maximum absolute atomic E-state index is 14.2. The number of nitrogens with zero attached hydrogens (tertiary/aromatic N) is 1. The van der Waals surface area contributed by atoms with Crippen molar-refractivity contribution in [1.82, 2.24) is 10.2 Å². The first-order valence-electron chi connectivity index (χ1n) is 8.95. The molecule has 2 aromatic rings. The van der Waals surface area contributed by atoms with Crippen molar-refractivity contribution in [3.05, 3.63) is 75.6 Å². The highest BCUT2D eigenvalue weighted by molar-refractivity contribution is 6.34. The van der Waals surface area contributed by atoms with Crippen molar-refractivity contribution >= 4 is 28.9 Å². The Morgan fingerprint density at radius 3 is 2.45 bits per heavy atom. The third kappa shape index (κ3) is 4.00. The monoisotopic (exact) mass is 421 g/mol.